The van der Waals surface area contributed by atoms with Gasteiger partial charge in [0.25, 0.3) is 0 Å². The molecular weight excluding hydrogens is 292 g/mol. The van der Waals surface area contributed by atoms with Crippen LogP contribution in [0.4, 0.5) is 0 Å². The fourth-order valence-electron chi connectivity index (χ4n) is 7.06. The van der Waals surface area contributed by atoms with Crippen molar-refractivity contribution < 1.29 is 0 Å². The number of nitrogens with zero attached hydrogens (tertiary/aromatic N) is 2. The summed E-state index contributed by atoms with van der Waals surface area (Å²) in [6, 6.07) is 22.0. The lowest BCUT2D eigenvalue weighted by Crippen LogP contribution is -2.65. The zero-order chi connectivity index (χ0) is 15.8. The van der Waals surface area contributed by atoms with Gasteiger partial charge in [-0.3, -0.25) is 0 Å². The predicted molar refractivity (Wildman–Crippen MR) is 93.7 cm³/mol. The Morgan fingerprint density at radius 2 is 1.33 bits per heavy atom. The van der Waals surface area contributed by atoms with Crippen molar-refractivity contribution in [1.29, 1.82) is 0 Å². The highest BCUT2D eigenvalue weighted by atomic mass is 15.3. The van der Waals surface area contributed by atoms with E-state index in [-0.39, 0.29) is 16.5 Å². The van der Waals surface area contributed by atoms with Gasteiger partial charge in [-0.2, -0.15) is 10.2 Å². The van der Waals surface area contributed by atoms with E-state index in [2.05, 4.69) is 60.7 Å². The summed E-state index contributed by atoms with van der Waals surface area (Å²) in [6.45, 7) is 0. The minimum atomic E-state index is -0.270. The van der Waals surface area contributed by atoms with Gasteiger partial charge < -0.3 is 0 Å². The molecule has 3 saturated carbocycles. The van der Waals surface area contributed by atoms with Crippen LogP contribution in [0.3, 0.4) is 0 Å². The second-order valence-corrected chi connectivity index (χ2v) is 8.24. The van der Waals surface area contributed by atoms with Crippen molar-refractivity contribution >= 4 is 0 Å². The van der Waals surface area contributed by atoms with Gasteiger partial charge in [-0.25, -0.2) is 0 Å². The quantitative estimate of drug-likeness (QED) is 0.714. The highest BCUT2D eigenvalue weighted by molar-refractivity contribution is 5.50. The molecule has 2 bridgehead atoms. The van der Waals surface area contributed by atoms with Gasteiger partial charge in [-0.15, -0.1) is 0 Å². The molecule has 0 amide bonds. The van der Waals surface area contributed by atoms with E-state index in [9.17, 15) is 0 Å². The summed E-state index contributed by atoms with van der Waals surface area (Å²) in [6.07, 6.45) is 6.65. The molecule has 0 aromatic heterocycles. The number of rotatable bonds is 2. The average Bonchev–Trinajstić information content (AvgIpc) is 3.22. The molecule has 1 aliphatic heterocycles. The molecule has 0 N–H and O–H groups in total. The van der Waals surface area contributed by atoms with E-state index < -0.39 is 0 Å². The zero-order valence-electron chi connectivity index (χ0n) is 13.9. The highest BCUT2D eigenvalue weighted by Gasteiger charge is 2.83. The van der Waals surface area contributed by atoms with E-state index in [1.807, 2.05) is 0 Å². The molecule has 2 aromatic carbocycles. The highest BCUT2D eigenvalue weighted by Crippen LogP contribution is 2.82. The largest absolute Gasteiger partial charge is 0.185 e. The van der Waals surface area contributed by atoms with Crippen molar-refractivity contribution in [3.63, 3.8) is 0 Å². The molecule has 3 fully saturated rings. The van der Waals surface area contributed by atoms with Crippen molar-refractivity contribution in [3.05, 3.63) is 71.8 Å². The molecule has 4 atom stereocenters. The monoisotopic (exact) mass is 314 g/mol. The summed E-state index contributed by atoms with van der Waals surface area (Å²) < 4.78 is 0. The van der Waals surface area contributed by atoms with E-state index in [1.54, 1.807) is 0 Å². The first-order chi connectivity index (χ1) is 11.8. The molecule has 0 unspecified atom stereocenters. The van der Waals surface area contributed by atoms with Gasteiger partial charge in [-0.1, -0.05) is 60.7 Å². The Labute approximate surface area is 143 Å². The molecular formula is C22H22N2. The molecule has 24 heavy (non-hydrogen) atoms. The van der Waals surface area contributed by atoms with Crippen LogP contribution < -0.4 is 0 Å². The standard InChI is InChI=1S/C22H22N2/c1-3-7-16(8-4-1)22(17-9-5-2-6-10-17)20-13-14-21(20,23-24-22)19-12-11-18(20)15-19/h1-10,18-19H,11-15H2/t18-,19+,20+,21-/m1/s1. The van der Waals surface area contributed by atoms with Crippen LogP contribution in [0.2, 0.25) is 0 Å². The normalized spacial score (nSPS) is 40.2. The van der Waals surface area contributed by atoms with Gasteiger partial charge >= 0.3 is 0 Å². The van der Waals surface area contributed by atoms with E-state index in [0.717, 1.165) is 11.8 Å². The summed E-state index contributed by atoms with van der Waals surface area (Å²) in [5.74, 6) is 1.56. The van der Waals surface area contributed by atoms with E-state index in [4.69, 9.17) is 10.2 Å². The molecule has 2 nitrogen and oxygen atoms in total. The maximum atomic E-state index is 5.16. The molecule has 2 aromatic rings. The Kier molecular flexibility index (Phi) is 2.32. The third-order valence-corrected chi connectivity index (χ3v) is 7.89. The van der Waals surface area contributed by atoms with Gasteiger partial charge in [0, 0.05) is 5.41 Å². The summed E-state index contributed by atoms with van der Waals surface area (Å²) in [7, 11) is 0. The van der Waals surface area contributed by atoms with Crippen LogP contribution in [0.1, 0.15) is 43.2 Å². The Bertz CT molecular complexity index is 788. The third-order valence-electron chi connectivity index (χ3n) is 7.89. The van der Waals surface area contributed by atoms with Crippen molar-refractivity contribution in [1.82, 2.24) is 0 Å². The van der Waals surface area contributed by atoms with Crippen LogP contribution in [0.5, 0.6) is 0 Å². The molecule has 6 rings (SSSR count). The second kappa shape index (κ2) is 4.17. The van der Waals surface area contributed by atoms with Crippen LogP contribution in [-0.4, -0.2) is 5.54 Å². The minimum absolute atomic E-state index is 0.140. The minimum Gasteiger partial charge on any atom is -0.185 e. The molecule has 0 spiro atoms. The summed E-state index contributed by atoms with van der Waals surface area (Å²) in [5, 5.41) is 10.3. The molecule has 0 radical (unpaired) electrons. The first-order valence-corrected chi connectivity index (χ1v) is 9.39. The number of azo groups is 1. The molecule has 1 heterocycles. The first-order valence-electron chi connectivity index (χ1n) is 9.39. The average molecular weight is 314 g/mol. The molecule has 120 valence electrons. The predicted octanol–water partition coefficient (Wildman–Crippen LogP) is 5.34. The van der Waals surface area contributed by atoms with Gasteiger partial charge in [0.1, 0.15) is 5.54 Å². The van der Waals surface area contributed by atoms with Crippen molar-refractivity contribution in [2.45, 2.75) is 43.2 Å². The third kappa shape index (κ3) is 1.16. The van der Waals surface area contributed by atoms with Gasteiger partial charge in [0.2, 0.25) is 0 Å². The smallest absolute Gasteiger partial charge is 0.140 e. The Morgan fingerprint density at radius 1 is 0.708 bits per heavy atom. The lowest BCUT2D eigenvalue weighted by molar-refractivity contribution is -0.0726. The lowest BCUT2D eigenvalue weighted by Gasteiger charge is -2.61. The van der Waals surface area contributed by atoms with Gasteiger partial charge in [0.05, 0.1) is 5.54 Å². The second-order valence-electron chi connectivity index (χ2n) is 8.24. The SMILES string of the molecule is c1ccc(C2(c3ccccc3)N=N[C@@]34CC[C@@]23[C@@H]2CC[C@H]4C2)cc1. The van der Waals surface area contributed by atoms with Crippen LogP contribution >= 0.6 is 0 Å². The summed E-state index contributed by atoms with van der Waals surface area (Å²) in [5.41, 5.74) is 2.78. The Balaban J connectivity index is 1.67. The number of hydrogen-bond acceptors (Lipinski definition) is 2. The van der Waals surface area contributed by atoms with Crippen LogP contribution in [0.25, 0.3) is 0 Å². The lowest BCUT2D eigenvalue weighted by atomic mass is 9.41. The maximum absolute atomic E-state index is 5.16. The first kappa shape index (κ1) is 13.3. The van der Waals surface area contributed by atoms with Gasteiger partial charge in [0.15, 0.2) is 0 Å². The number of hydrogen-bond donors (Lipinski definition) is 0. The maximum Gasteiger partial charge on any atom is 0.140 e. The van der Waals surface area contributed by atoms with Gasteiger partial charge in [-0.05, 0) is 55.1 Å². The zero-order valence-corrected chi connectivity index (χ0v) is 13.9. The molecule has 0 saturated heterocycles. The van der Waals surface area contributed by atoms with Crippen LogP contribution in [0.15, 0.2) is 70.9 Å². The summed E-state index contributed by atoms with van der Waals surface area (Å²) in [4.78, 5) is 0. The van der Waals surface area contributed by atoms with Crippen LogP contribution in [0, 0.1) is 17.3 Å². The number of fused-ring (bicyclic) bond motifs is 2. The number of benzene rings is 2. The molecule has 2 heteroatoms. The van der Waals surface area contributed by atoms with Crippen molar-refractivity contribution in [2.24, 2.45) is 27.5 Å². The van der Waals surface area contributed by atoms with Crippen molar-refractivity contribution in [2.75, 3.05) is 0 Å². The fourth-order valence-corrected chi connectivity index (χ4v) is 7.06. The topological polar surface area (TPSA) is 24.7 Å². The van der Waals surface area contributed by atoms with Crippen LogP contribution in [-0.2, 0) is 5.54 Å². The van der Waals surface area contributed by atoms with E-state index in [1.165, 1.54) is 43.2 Å². The molecule has 4 aliphatic rings. The van der Waals surface area contributed by atoms with Crippen molar-refractivity contribution in [3.8, 4) is 0 Å². The Morgan fingerprint density at radius 3 is 1.92 bits per heavy atom. The molecule has 3 aliphatic carbocycles. The summed E-state index contributed by atoms with van der Waals surface area (Å²) >= 11 is 0. The Hall–Kier alpha value is -1.96. The van der Waals surface area contributed by atoms with E-state index >= 15 is 0 Å². The fraction of sp³-hybridized carbons (Fsp3) is 0.455. The van der Waals surface area contributed by atoms with E-state index in [0.29, 0.717) is 0 Å².